The molecule has 0 atom stereocenters. The van der Waals surface area contributed by atoms with Crippen molar-refractivity contribution >= 4 is 34.8 Å². The lowest BCUT2D eigenvalue weighted by atomic mass is 10.3. The number of halogens is 3. The zero-order valence-corrected chi connectivity index (χ0v) is 12.7. The molecule has 0 aliphatic rings. The molecule has 0 saturated carbocycles. The molecule has 1 aromatic carbocycles. The molecular formula is C13H15Cl3O3. The number of benzene rings is 1. The number of hydrogen-bond acceptors (Lipinski definition) is 3. The van der Waals surface area contributed by atoms with E-state index in [1.54, 1.807) is 6.92 Å². The van der Waals surface area contributed by atoms with E-state index in [4.69, 9.17) is 44.3 Å². The highest BCUT2D eigenvalue weighted by molar-refractivity contribution is 6.37. The molecular weight excluding hydrogens is 310 g/mol. The summed E-state index contributed by atoms with van der Waals surface area (Å²) >= 11 is 17.3. The van der Waals surface area contributed by atoms with Gasteiger partial charge in [0.05, 0.1) is 23.3 Å². The molecule has 0 aliphatic heterocycles. The summed E-state index contributed by atoms with van der Waals surface area (Å²) < 4.78 is 10.8. The predicted molar refractivity (Wildman–Crippen MR) is 78.4 cm³/mol. The molecule has 0 spiro atoms. The van der Waals surface area contributed by atoms with Crippen molar-refractivity contribution in [1.82, 2.24) is 0 Å². The van der Waals surface area contributed by atoms with Gasteiger partial charge in [0.2, 0.25) is 0 Å². The third-order valence-corrected chi connectivity index (χ3v) is 3.12. The zero-order chi connectivity index (χ0) is 14.3. The third-order valence-electron chi connectivity index (χ3n) is 2.25. The summed E-state index contributed by atoms with van der Waals surface area (Å²) in [7, 11) is 0. The molecule has 0 heterocycles. The summed E-state index contributed by atoms with van der Waals surface area (Å²) in [6.45, 7) is 2.84. The molecule has 0 fully saturated rings. The number of phenols is 1. The number of unbranched alkanes of at least 4 members (excludes halogenated alkanes) is 1. The first kappa shape index (κ1) is 16.3. The maximum atomic E-state index is 9.28. The van der Waals surface area contributed by atoms with Gasteiger partial charge in [-0.2, -0.15) is 0 Å². The van der Waals surface area contributed by atoms with Gasteiger partial charge in [0.1, 0.15) is 11.5 Å². The van der Waals surface area contributed by atoms with E-state index in [2.05, 4.69) is 0 Å². The molecule has 1 aromatic rings. The molecule has 0 aromatic heterocycles. The molecule has 0 amide bonds. The maximum absolute atomic E-state index is 9.28. The lowest BCUT2D eigenvalue weighted by Gasteiger charge is -2.10. The molecule has 0 bridgehead atoms. The van der Waals surface area contributed by atoms with Crippen LogP contribution in [0.3, 0.4) is 0 Å². The minimum absolute atomic E-state index is 0.0130. The lowest BCUT2D eigenvalue weighted by molar-refractivity contribution is 0.198. The van der Waals surface area contributed by atoms with Crippen LogP contribution < -0.4 is 4.74 Å². The highest BCUT2D eigenvalue weighted by atomic mass is 35.5. The second-order valence-corrected chi connectivity index (χ2v) is 4.89. The fraction of sp³-hybridized carbons (Fsp3) is 0.385. The number of ether oxygens (including phenoxy) is 2. The van der Waals surface area contributed by atoms with Crippen molar-refractivity contribution in [2.75, 3.05) is 13.2 Å². The smallest absolute Gasteiger partial charge is 0.156 e. The minimum Gasteiger partial charge on any atom is -0.508 e. The van der Waals surface area contributed by atoms with Crippen molar-refractivity contribution in [2.24, 2.45) is 0 Å². The Bertz CT molecular complexity index is 424. The van der Waals surface area contributed by atoms with Gasteiger partial charge in [0, 0.05) is 17.7 Å². The fourth-order valence-electron chi connectivity index (χ4n) is 1.33. The van der Waals surface area contributed by atoms with Gasteiger partial charge in [-0.25, -0.2) is 0 Å². The summed E-state index contributed by atoms with van der Waals surface area (Å²) in [6.07, 6.45) is 1.62. The van der Waals surface area contributed by atoms with Gasteiger partial charge < -0.3 is 14.6 Å². The van der Waals surface area contributed by atoms with Crippen LogP contribution >= 0.6 is 34.8 Å². The molecule has 6 heteroatoms. The topological polar surface area (TPSA) is 38.7 Å². The predicted octanol–water partition coefficient (Wildman–Crippen LogP) is 4.97. The quantitative estimate of drug-likeness (QED) is 0.568. The first-order valence-electron chi connectivity index (χ1n) is 5.75. The Morgan fingerprint density at radius 3 is 2.37 bits per heavy atom. The molecule has 19 heavy (non-hydrogen) atoms. The van der Waals surface area contributed by atoms with E-state index in [0.29, 0.717) is 34.8 Å². The molecule has 1 N–H and O–H groups in total. The van der Waals surface area contributed by atoms with Gasteiger partial charge >= 0.3 is 0 Å². The van der Waals surface area contributed by atoms with Crippen molar-refractivity contribution in [3.8, 4) is 11.5 Å². The number of phenolic OH excluding ortho intramolecular Hbond substituents is 1. The van der Waals surface area contributed by atoms with Crippen LogP contribution in [0.25, 0.3) is 0 Å². The average Bonchev–Trinajstić information content (AvgIpc) is 2.35. The highest BCUT2D eigenvalue weighted by Crippen LogP contribution is 2.36. The number of aromatic hydroxyl groups is 1. The number of allylic oxidation sites excluding steroid dienone is 1. The number of rotatable bonds is 7. The zero-order valence-electron chi connectivity index (χ0n) is 10.5. The third kappa shape index (κ3) is 5.81. The summed E-state index contributed by atoms with van der Waals surface area (Å²) in [5, 5.41) is 9.87. The minimum atomic E-state index is 0.0130. The Morgan fingerprint density at radius 2 is 1.79 bits per heavy atom. The van der Waals surface area contributed by atoms with Crippen LogP contribution in [0.4, 0.5) is 0 Å². The van der Waals surface area contributed by atoms with E-state index < -0.39 is 0 Å². The molecule has 0 aliphatic carbocycles. The molecule has 0 radical (unpaired) electrons. The molecule has 3 nitrogen and oxygen atoms in total. The van der Waals surface area contributed by atoms with E-state index in [0.717, 1.165) is 12.8 Å². The van der Waals surface area contributed by atoms with Crippen LogP contribution in [0.5, 0.6) is 11.5 Å². The molecule has 0 unspecified atom stereocenters. The van der Waals surface area contributed by atoms with Crippen LogP contribution in [-0.4, -0.2) is 18.3 Å². The van der Waals surface area contributed by atoms with Gasteiger partial charge in [-0.15, -0.1) is 0 Å². The van der Waals surface area contributed by atoms with E-state index >= 15 is 0 Å². The summed E-state index contributed by atoms with van der Waals surface area (Å²) in [5.41, 5.74) is 1.40. The van der Waals surface area contributed by atoms with Crippen molar-refractivity contribution in [1.29, 1.82) is 0 Å². The second-order valence-electron chi connectivity index (χ2n) is 3.86. The first-order chi connectivity index (χ1) is 9.04. The van der Waals surface area contributed by atoms with Crippen LogP contribution in [0.15, 0.2) is 23.4 Å². The van der Waals surface area contributed by atoms with Crippen molar-refractivity contribution in [3.05, 3.63) is 33.5 Å². The second kappa shape index (κ2) is 8.41. The Hall–Kier alpha value is -0.770. The van der Waals surface area contributed by atoms with Crippen LogP contribution in [0.2, 0.25) is 10.0 Å². The SMILES string of the molecule is CC(=CCl)OCCCCOc1c(Cl)cc(O)cc1Cl. The Kier molecular flexibility index (Phi) is 7.21. The molecule has 0 saturated heterocycles. The Morgan fingerprint density at radius 1 is 1.21 bits per heavy atom. The summed E-state index contributed by atoms with van der Waals surface area (Å²) in [6, 6.07) is 2.78. The first-order valence-corrected chi connectivity index (χ1v) is 6.94. The van der Waals surface area contributed by atoms with Crippen molar-refractivity contribution in [3.63, 3.8) is 0 Å². The van der Waals surface area contributed by atoms with Crippen LogP contribution in [-0.2, 0) is 4.74 Å². The van der Waals surface area contributed by atoms with Crippen LogP contribution in [0.1, 0.15) is 19.8 Å². The average molecular weight is 326 g/mol. The van der Waals surface area contributed by atoms with Gasteiger partial charge in [0.15, 0.2) is 5.75 Å². The monoisotopic (exact) mass is 324 g/mol. The van der Waals surface area contributed by atoms with Gasteiger partial charge in [-0.05, 0) is 19.8 Å². The van der Waals surface area contributed by atoms with Gasteiger partial charge in [-0.3, -0.25) is 0 Å². The van der Waals surface area contributed by atoms with Gasteiger partial charge in [0.25, 0.3) is 0 Å². The van der Waals surface area contributed by atoms with E-state index in [1.807, 2.05) is 0 Å². The number of hydrogen-bond donors (Lipinski definition) is 1. The van der Waals surface area contributed by atoms with E-state index in [9.17, 15) is 5.11 Å². The maximum Gasteiger partial charge on any atom is 0.156 e. The summed E-state index contributed by atoms with van der Waals surface area (Å²) in [4.78, 5) is 0. The normalized spacial score (nSPS) is 11.5. The Balaban J connectivity index is 2.30. The van der Waals surface area contributed by atoms with Gasteiger partial charge in [-0.1, -0.05) is 34.8 Å². The molecule has 1 rings (SSSR count). The lowest BCUT2D eigenvalue weighted by Crippen LogP contribution is -2.01. The largest absolute Gasteiger partial charge is 0.508 e. The van der Waals surface area contributed by atoms with E-state index in [-0.39, 0.29) is 5.75 Å². The standard InChI is InChI=1S/C13H15Cl3O3/c1-9(8-14)18-4-2-3-5-19-13-11(15)6-10(17)7-12(13)16/h6-8,17H,2-5H2,1H3. The van der Waals surface area contributed by atoms with Crippen LogP contribution in [0, 0.1) is 0 Å². The van der Waals surface area contributed by atoms with E-state index in [1.165, 1.54) is 17.7 Å². The fourth-order valence-corrected chi connectivity index (χ4v) is 1.98. The molecule has 106 valence electrons. The summed E-state index contributed by atoms with van der Waals surface area (Å²) in [5.74, 6) is 1.09. The Labute approximate surface area is 127 Å². The van der Waals surface area contributed by atoms with Crippen molar-refractivity contribution in [2.45, 2.75) is 19.8 Å². The van der Waals surface area contributed by atoms with Crippen molar-refractivity contribution < 1.29 is 14.6 Å². The highest BCUT2D eigenvalue weighted by Gasteiger charge is 2.09.